The number of nitrogens with zero attached hydrogens (tertiary/aromatic N) is 3. The van der Waals surface area contributed by atoms with Crippen molar-refractivity contribution in [3.8, 4) is 22.9 Å². The van der Waals surface area contributed by atoms with E-state index in [2.05, 4.69) is 10.1 Å². The van der Waals surface area contributed by atoms with Gasteiger partial charge in [-0.15, -0.1) is 0 Å². The van der Waals surface area contributed by atoms with Crippen molar-refractivity contribution in [3.05, 3.63) is 23.0 Å². The van der Waals surface area contributed by atoms with Gasteiger partial charge in [0.2, 0.25) is 11.7 Å². The van der Waals surface area contributed by atoms with Crippen molar-refractivity contribution in [2.75, 3.05) is 20.3 Å². The molecule has 1 aliphatic rings. The molecule has 1 unspecified atom stereocenters. The van der Waals surface area contributed by atoms with E-state index in [0.717, 1.165) is 12.8 Å². The van der Waals surface area contributed by atoms with E-state index in [1.54, 1.807) is 17.0 Å². The van der Waals surface area contributed by atoms with Gasteiger partial charge < -0.3 is 24.0 Å². The number of amides is 1. The highest BCUT2D eigenvalue weighted by molar-refractivity contribution is 6.32. The molecule has 1 N–H and O–H groups in total. The average Bonchev–Trinajstić information content (AvgIpc) is 3.07. The van der Waals surface area contributed by atoms with Crippen molar-refractivity contribution in [1.29, 1.82) is 0 Å². The first kappa shape index (κ1) is 19.4. The number of halogens is 1. The lowest BCUT2D eigenvalue weighted by atomic mass is 10.2. The molecule has 27 heavy (non-hydrogen) atoms. The van der Waals surface area contributed by atoms with Gasteiger partial charge in [0.05, 0.1) is 18.7 Å². The molecule has 8 nitrogen and oxygen atoms in total. The summed E-state index contributed by atoms with van der Waals surface area (Å²) in [4.78, 5) is 18.1. The van der Waals surface area contributed by atoms with Crippen LogP contribution in [0.15, 0.2) is 16.7 Å². The third-order valence-electron chi connectivity index (χ3n) is 4.32. The molecule has 2 aromatic rings. The first-order valence-electron chi connectivity index (χ1n) is 8.83. The Morgan fingerprint density at radius 1 is 1.41 bits per heavy atom. The topological polar surface area (TPSA) is 97.9 Å². The molecule has 0 bridgehead atoms. The van der Waals surface area contributed by atoms with E-state index in [-0.39, 0.29) is 18.3 Å². The van der Waals surface area contributed by atoms with Crippen LogP contribution in [0.4, 0.5) is 0 Å². The van der Waals surface area contributed by atoms with Crippen molar-refractivity contribution in [3.63, 3.8) is 0 Å². The third kappa shape index (κ3) is 4.33. The minimum Gasteiger partial charge on any atom is -0.493 e. The van der Waals surface area contributed by atoms with E-state index in [9.17, 15) is 9.90 Å². The van der Waals surface area contributed by atoms with Crippen LogP contribution in [0.1, 0.15) is 32.1 Å². The van der Waals surface area contributed by atoms with Gasteiger partial charge in [-0.05, 0) is 38.3 Å². The predicted molar refractivity (Wildman–Crippen MR) is 97.7 cm³/mol. The van der Waals surface area contributed by atoms with Gasteiger partial charge in [0.15, 0.2) is 11.5 Å². The zero-order chi connectivity index (χ0) is 19.4. The Balaban J connectivity index is 1.81. The number of aromatic nitrogens is 2. The molecule has 1 aliphatic heterocycles. The van der Waals surface area contributed by atoms with Gasteiger partial charge >= 0.3 is 0 Å². The standard InChI is InChI=1S/C18H22ClN3O5/c1-3-26-16-12(19)8-11(9-14(16)25-2)17-20-15(27-21-17)10-22-7-5-4-6-13(23)18(22)24/h8-9,13,23H,3-7,10H2,1-2H3. The van der Waals surface area contributed by atoms with E-state index in [1.165, 1.54) is 7.11 Å². The number of carbonyl (C=O) groups is 1. The van der Waals surface area contributed by atoms with E-state index in [1.807, 2.05) is 6.92 Å². The average molecular weight is 396 g/mol. The van der Waals surface area contributed by atoms with Gasteiger partial charge in [-0.1, -0.05) is 16.8 Å². The minimum atomic E-state index is -0.968. The van der Waals surface area contributed by atoms with Gasteiger partial charge in [-0.3, -0.25) is 4.79 Å². The Morgan fingerprint density at radius 3 is 2.96 bits per heavy atom. The van der Waals surface area contributed by atoms with Crippen molar-refractivity contribution >= 4 is 17.5 Å². The van der Waals surface area contributed by atoms with Gasteiger partial charge in [-0.2, -0.15) is 4.98 Å². The van der Waals surface area contributed by atoms with Crippen molar-refractivity contribution in [1.82, 2.24) is 15.0 Å². The van der Waals surface area contributed by atoms with Crippen LogP contribution in [0.5, 0.6) is 11.5 Å². The number of hydrogen-bond donors (Lipinski definition) is 1. The van der Waals surface area contributed by atoms with Crippen molar-refractivity contribution in [2.45, 2.75) is 38.8 Å². The summed E-state index contributed by atoms with van der Waals surface area (Å²) in [6, 6.07) is 3.39. The fourth-order valence-electron chi connectivity index (χ4n) is 2.97. The SMILES string of the molecule is CCOc1c(Cl)cc(-c2noc(CN3CCCCC(O)C3=O)n2)cc1OC. The highest BCUT2D eigenvalue weighted by atomic mass is 35.5. The summed E-state index contributed by atoms with van der Waals surface area (Å²) in [6.07, 6.45) is 1.15. The largest absolute Gasteiger partial charge is 0.493 e. The Labute approximate surface area is 162 Å². The molecule has 146 valence electrons. The molecule has 1 saturated heterocycles. The summed E-state index contributed by atoms with van der Waals surface area (Å²) in [5.74, 6) is 1.24. The summed E-state index contributed by atoms with van der Waals surface area (Å²) in [7, 11) is 1.52. The fraction of sp³-hybridized carbons (Fsp3) is 0.500. The van der Waals surface area contributed by atoms with Crippen LogP contribution in [-0.4, -0.2) is 52.4 Å². The van der Waals surface area contributed by atoms with E-state index in [0.29, 0.717) is 47.5 Å². The van der Waals surface area contributed by atoms with E-state index >= 15 is 0 Å². The molecule has 0 saturated carbocycles. The smallest absolute Gasteiger partial charge is 0.251 e. The number of rotatable bonds is 6. The van der Waals surface area contributed by atoms with Crippen LogP contribution in [0.2, 0.25) is 5.02 Å². The maximum absolute atomic E-state index is 12.2. The van der Waals surface area contributed by atoms with Gasteiger partial charge in [0.25, 0.3) is 5.91 Å². The molecule has 2 heterocycles. The number of methoxy groups -OCH3 is 1. The summed E-state index contributed by atoms with van der Waals surface area (Å²) in [5, 5.41) is 14.2. The van der Waals surface area contributed by atoms with Crippen LogP contribution >= 0.6 is 11.6 Å². The number of benzene rings is 1. The molecule has 0 aliphatic carbocycles. The Kier molecular flexibility index (Phi) is 6.18. The predicted octanol–water partition coefficient (Wildman–Crippen LogP) is 2.67. The molecular weight excluding hydrogens is 374 g/mol. The van der Waals surface area contributed by atoms with Gasteiger partial charge in [0, 0.05) is 12.1 Å². The van der Waals surface area contributed by atoms with Gasteiger partial charge in [-0.25, -0.2) is 0 Å². The van der Waals surface area contributed by atoms with Gasteiger partial charge in [0.1, 0.15) is 12.6 Å². The molecular formula is C18H22ClN3O5. The quantitative estimate of drug-likeness (QED) is 0.802. The number of carbonyl (C=O) groups excluding carboxylic acids is 1. The summed E-state index contributed by atoms with van der Waals surface area (Å²) < 4.78 is 16.1. The molecule has 1 atom stereocenters. The first-order valence-corrected chi connectivity index (χ1v) is 9.21. The molecule has 0 spiro atoms. The molecule has 9 heteroatoms. The second-order valence-corrected chi connectivity index (χ2v) is 6.61. The summed E-state index contributed by atoms with van der Waals surface area (Å²) in [5.41, 5.74) is 0.609. The molecule has 1 aromatic carbocycles. The lowest BCUT2D eigenvalue weighted by molar-refractivity contribution is -0.140. The highest BCUT2D eigenvalue weighted by Gasteiger charge is 2.26. The zero-order valence-electron chi connectivity index (χ0n) is 15.3. The molecule has 0 radical (unpaired) electrons. The van der Waals surface area contributed by atoms with E-state index < -0.39 is 6.10 Å². The van der Waals surface area contributed by atoms with Crippen molar-refractivity contribution < 1.29 is 23.9 Å². The summed E-state index contributed by atoms with van der Waals surface area (Å²) in [6.45, 7) is 3.02. The van der Waals surface area contributed by atoms with Crippen LogP contribution < -0.4 is 9.47 Å². The highest BCUT2D eigenvalue weighted by Crippen LogP contribution is 2.38. The molecule has 1 fully saturated rings. The maximum Gasteiger partial charge on any atom is 0.251 e. The Hall–Kier alpha value is -2.32. The van der Waals surface area contributed by atoms with Crippen LogP contribution in [0, 0.1) is 0 Å². The number of ether oxygens (including phenoxy) is 2. The normalized spacial score (nSPS) is 17.7. The molecule has 1 aromatic heterocycles. The van der Waals surface area contributed by atoms with Crippen LogP contribution in [0.3, 0.4) is 0 Å². The minimum absolute atomic E-state index is 0.158. The monoisotopic (exact) mass is 395 g/mol. The third-order valence-corrected chi connectivity index (χ3v) is 4.60. The lowest BCUT2D eigenvalue weighted by Crippen LogP contribution is -2.37. The number of aliphatic hydroxyl groups is 1. The van der Waals surface area contributed by atoms with E-state index in [4.69, 9.17) is 25.6 Å². The van der Waals surface area contributed by atoms with Crippen molar-refractivity contribution in [2.24, 2.45) is 0 Å². The van der Waals surface area contributed by atoms with Crippen LogP contribution in [0.25, 0.3) is 11.4 Å². The maximum atomic E-state index is 12.2. The number of aliphatic hydroxyl groups excluding tert-OH is 1. The second-order valence-electron chi connectivity index (χ2n) is 6.21. The lowest BCUT2D eigenvalue weighted by Gasteiger charge is -2.19. The summed E-state index contributed by atoms with van der Waals surface area (Å²) >= 11 is 6.29. The molecule has 1 amide bonds. The first-order chi connectivity index (χ1) is 13.0. The number of hydrogen-bond acceptors (Lipinski definition) is 7. The Bertz CT molecular complexity index is 810. The van der Waals surface area contributed by atoms with Crippen LogP contribution in [-0.2, 0) is 11.3 Å². The molecule has 3 rings (SSSR count). The second kappa shape index (κ2) is 8.58. The Morgan fingerprint density at radius 2 is 2.22 bits per heavy atom. The number of likely N-dealkylation sites (tertiary alicyclic amines) is 1. The zero-order valence-corrected chi connectivity index (χ0v) is 16.0. The fourth-order valence-corrected chi connectivity index (χ4v) is 3.24.